The van der Waals surface area contributed by atoms with E-state index in [1.54, 1.807) is 49.4 Å². The maximum absolute atomic E-state index is 13.9. The van der Waals surface area contributed by atoms with E-state index in [4.69, 9.17) is 23.2 Å². The summed E-state index contributed by atoms with van der Waals surface area (Å²) in [6.45, 7) is 4.66. The largest absolute Gasteiger partial charge is 0.352 e. The molecule has 2 atom stereocenters. The van der Waals surface area contributed by atoms with Crippen LogP contribution in [0.4, 0.5) is 10.1 Å². The van der Waals surface area contributed by atoms with Crippen LogP contribution >= 0.6 is 23.2 Å². The van der Waals surface area contributed by atoms with Crippen LogP contribution in [0.15, 0.2) is 77.7 Å². The highest BCUT2D eigenvalue weighted by Crippen LogP contribution is 2.26. The minimum atomic E-state index is -4.28. The van der Waals surface area contributed by atoms with E-state index in [1.165, 1.54) is 11.0 Å². The molecule has 7 nitrogen and oxygen atoms in total. The van der Waals surface area contributed by atoms with Gasteiger partial charge in [-0.05, 0) is 74.4 Å². The Morgan fingerprint density at radius 3 is 2.21 bits per heavy atom. The molecule has 11 heteroatoms. The molecule has 0 fully saturated rings. The fraction of sp³-hybridized carbons (Fsp3) is 0.286. The Balaban J connectivity index is 2.02. The number of carbonyl (C=O) groups is 2. The van der Waals surface area contributed by atoms with E-state index in [0.717, 1.165) is 28.6 Å². The van der Waals surface area contributed by atoms with Crippen LogP contribution in [0.25, 0.3) is 0 Å². The van der Waals surface area contributed by atoms with Crippen molar-refractivity contribution in [1.82, 2.24) is 10.2 Å². The number of para-hydroxylation sites is 1. The second kappa shape index (κ2) is 13.3. The second-order valence-corrected chi connectivity index (χ2v) is 11.8. The van der Waals surface area contributed by atoms with Gasteiger partial charge in [-0.25, -0.2) is 12.8 Å². The van der Waals surface area contributed by atoms with Crippen LogP contribution in [0, 0.1) is 5.82 Å². The zero-order valence-electron chi connectivity index (χ0n) is 21.8. The number of rotatable bonds is 11. The predicted molar refractivity (Wildman–Crippen MR) is 152 cm³/mol. The Labute approximate surface area is 238 Å². The third-order valence-electron chi connectivity index (χ3n) is 6.25. The van der Waals surface area contributed by atoms with Gasteiger partial charge >= 0.3 is 0 Å². The van der Waals surface area contributed by atoms with Crippen molar-refractivity contribution < 1.29 is 22.4 Å². The molecule has 0 aliphatic rings. The lowest BCUT2D eigenvalue weighted by Gasteiger charge is -2.32. The van der Waals surface area contributed by atoms with Gasteiger partial charge in [0.25, 0.3) is 10.0 Å². The highest BCUT2D eigenvalue weighted by molar-refractivity contribution is 7.92. The predicted octanol–water partition coefficient (Wildman–Crippen LogP) is 5.66. The lowest BCUT2D eigenvalue weighted by atomic mass is 10.1. The fourth-order valence-electron chi connectivity index (χ4n) is 3.74. The van der Waals surface area contributed by atoms with Crippen molar-refractivity contribution in [2.75, 3.05) is 10.8 Å². The zero-order chi connectivity index (χ0) is 28.7. The SMILES string of the molecule is CC[C@H](C)NC(=O)[C@H](C)N(Cc1ccc(Cl)cc1Cl)C(=O)CN(c1ccccc1)S(=O)(=O)c1ccc(F)cc1. The molecule has 0 spiro atoms. The van der Waals surface area contributed by atoms with Crippen LogP contribution in [0.1, 0.15) is 32.8 Å². The lowest BCUT2D eigenvalue weighted by molar-refractivity contribution is -0.139. The number of hydrogen-bond donors (Lipinski definition) is 1. The number of anilines is 1. The highest BCUT2D eigenvalue weighted by Gasteiger charge is 2.33. The van der Waals surface area contributed by atoms with Crippen molar-refractivity contribution in [3.63, 3.8) is 0 Å². The molecule has 1 N–H and O–H groups in total. The number of carbonyl (C=O) groups excluding carboxylic acids is 2. The molecule has 3 aromatic rings. The van der Waals surface area contributed by atoms with E-state index in [2.05, 4.69) is 5.32 Å². The summed E-state index contributed by atoms with van der Waals surface area (Å²) in [7, 11) is -4.28. The summed E-state index contributed by atoms with van der Waals surface area (Å²) >= 11 is 12.4. The third kappa shape index (κ3) is 7.71. The van der Waals surface area contributed by atoms with Gasteiger partial charge in [0, 0.05) is 22.6 Å². The van der Waals surface area contributed by atoms with Crippen LogP contribution in [-0.2, 0) is 26.2 Å². The smallest absolute Gasteiger partial charge is 0.264 e. The summed E-state index contributed by atoms with van der Waals surface area (Å²) in [5, 5.41) is 3.57. The van der Waals surface area contributed by atoms with Gasteiger partial charge in [0.15, 0.2) is 0 Å². The van der Waals surface area contributed by atoms with E-state index in [-0.39, 0.29) is 23.2 Å². The number of nitrogens with one attached hydrogen (secondary N) is 1. The van der Waals surface area contributed by atoms with Crippen molar-refractivity contribution in [1.29, 1.82) is 0 Å². The van der Waals surface area contributed by atoms with Crippen LogP contribution in [0.2, 0.25) is 10.0 Å². The molecule has 39 heavy (non-hydrogen) atoms. The van der Waals surface area contributed by atoms with Gasteiger partial charge in [-0.15, -0.1) is 0 Å². The first-order valence-electron chi connectivity index (χ1n) is 12.3. The monoisotopic (exact) mass is 593 g/mol. The normalized spacial score (nSPS) is 12.9. The minimum Gasteiger partial charge on any atom is -0.352 e. The van der Waals surface area contributed by atoms with E-state index in [9.17, 15) is 22.4 Å². The summed E-state index contributed by atoms with van der Waals surface area (Å²) in [5.41, 5.74) is 0.765. The maximum atomic E-state index is 13.9. The number of sulfonamides is 1. The Morgan fingerprint density at radius 1 is 0.974 bits per heavy atom. The van der Waals surface area contributed by atoms with Crippen molar-refractivity contribution in [3.8, 4) is 0 Å². The summed E-state index contributed by atoms with van der Waals surface area (Å²) in [5.74, 6) is -1.62. The van der Waals surface area contributed by atoms with Crippen LogP contribution < -0.4 is 9.62 Å². The van der Waals surface area contributed by atoms with Gasteiger partial charge in [-0.1, -0.05) is 54.4 Å². The summed E-state index contributed by atoms with van der Waals surface area (Å²) < 4.78 is 41.8. The van der Waals surface area contributed by atoms with Gasteiger partial charge in [-0.2, -0.15) is 0 Å². The van der Waals surface area contributed by atoms with Crippen LogP contribution in [0.5, 0.6) is 0 Å². The molecule has 0 heterocycles. The summed E-state index contributed by atoms with van der Waals surface area (Å²) in [6.07, 6.45) is 0.688. The van der Waals surface area contributed by atoms with E-state index in [0.29, 0.717) is 22.0 Å². The Hall–Kier alpha value is -3.14. The molecule has 0 saturated carbocycles. The number of amides is 2. The standard InChI is InChI=1S/C28H30Cl2FN3O4S/c1-4-19(2)32-28(36)20(3)33(17-21-10-11-22(29)16-26(21)30)27(35)18-34(24-8-6-5-7-9-24)39(37,38)25-14-12-23(31)13-15-25/h5-16,19-20H,4,17-18H2,1-3H3,(H,32,36)/t19-,20-/m0/s1. The molecule has 0 bridgehead atoms. The van der Waals surface area contributed by atoms with Crippen molar-refractivity contribution in [2.24, 2.45) is 0 Å². The summed E-state index contributed by atoms with van der Waals surface area (Å²) in [6, 6.07) is 16.1. The second-order valence-electron chi connectivity index (χ2n) is 9.05. The molecule has 2 amide bonds. The fourth-order valence-corrected chi connectivity index (χ4v) is 5.62. The molecular weight excluding hydrogens is 564 g/mol. The van der Waals surface area contributed by atoms with Gasteiger partial charge in [0.1, 0.15) is 18.4 Å². The molecular formula is C28H30Cl2FN3O4S. The van der Waals surface area contributed by atoms with E-state index >= 15 is 0 Å². The average Bonchev–Trinajstić information content (AvgIpc) is 2.91. The Morgan fingerprint density at radius 2 is 1.62 bits per heavy atom. The molecule has 0 aliphatic heterocycles. The first-order valence-corrected chi connectivity index (χ1v) is 14.5. The van der Waals surface area contributed by atoms with Gasteiger partial charge in [-0.3, -0.25) is 13.9 Å². The molecule has 0 aliphatic carbocycles. The molecule has 3 rings (SSSR count). The number of halogens is 3. The zero-order valence-corrected chi connectivity index (χ0v) is 24.1. The van der Waals surface area contributed by atoms with Crippen LogP contribution in [-0.4, -0.2) is 43.8 Å². The van der Waals surface area contributed by atoms with Crippen molar-refractivity contribution >= 4 is 50.7 Å². The van der Waals surface area contributed by atoms with E-state index in [1.807, 2.05) is 13.8 Å². The lowest BCUT2D eigenvalue weighted by Crippen LogP contribution is -2.52. The van der Waals surface area contributed by atoms with Crippen molar-refractivity contribution in [2.45, 2.75) is 50.7 Å². The molecule has 0 unspecified atom stereocenters. The molecule has 0 saturated heterocycles. The number of nitrogens with zero attached hydrogens (tertiary/aromatic N) is 2. The highest BCUT2D eigenvalue weighted by atomic mass is 35.5. The van der Waals surface area contributed by atoms with Crippen LogP contribution in [0.3, 0.4) is 0 Å². The minimum absolute atomic E-state index is 0.0663. The maximum Gasteiger partial charge on any atom is 0.264 e. The first kappa shape index (κ1) is 30.4. The molecule has 0 aromatic heterocycles. The molecule has 3 aromatic carbocycles. The number of benzene rings is 3. The average molecular weight is 595 g/mol. The van der Waals surface area contributed by atoms with Crippen molar-refractivity contribution in [3.05, 3.63) is 94.2 Å². The van der Waals surface area contributed by atoms with E-state index < -0.39 is 40.2 Å². The topological polar surface area (TPSA) is 86.8 Å². The molecule has 208 valence electrons. The van der Waals surface area contributed by atoms with Gasteiger partial charge in [0.05, 0.1) is 10.6 Å². The summed E-state index contributed by atoms with van der Waals surface area (Å²) in [4.78, 5) is 28.0. The third-order valence-corrected chi connectivity index (χ3v) is 8.62. The Bertz CT molecular complexity index is 1410. The van der Waals surface area contributed by atoms with Gasteiger partial charge in [0.2, 0.25) is 11.8 Å². The Kier molecular flexibility index (Phi) is 10.4. The van der Waals surface area contributed by atoms with Gasteiger partial charge < -0.3 is 10.2 Å². The number of hydrogen-bond acceptors (Lipinski definition) is 4. The quantitative estimate of drug-likeness (QED) is 0.311. The first-order chi connectivity index (χ1) is 18.4. The molecule has 0 radical (unpaired) electrons.